The Morgan fingerprint density at radius 1 is 0.793 bits per heavy atom. The third kappa shape index (κ3) is 2.66. The molecule has 2 unspecified atom stereocenters. The monoisotopic (exact) mass is 381 g/mol. The van der Waals surface area contributed by atoms with E-state index >= 15 is 0 Å². The van der Waals surface area contributed by atoms with Gasteiger partial charge in [0.25, 0.3) is 0 Å². The predicted octanol–water partition coefficient (Wildman–Crippen LogP) is 6.18. The lowest BCUT2D eigenvalue weighted by Gasteiger charge is -2.50. The molecule has 6 rings (SSSR count). The molecule has 0 saturated carbocycles. The van der Waals surface area contributed by atoms with Crippen LogP contribution in [0.1, 0.15) is 58.6 Å². The lowest BCUT2D eigenvalue weighted by Crippen LogP contribution is -2.45. The molecule has 0 aliphatic heterocycles. The minimum Gasteiger partial charge on any atom is -0.326 e. The molecule has 1 amide bonds. The number of carbonyl (C=O) groups excluding carboxylic acids is 1. The van der Waals surface area contributed by atoms with Crippen molar-refractivity contribution >= 4 is 11.6 Å². The maximum atomic E-state index is 13.7. The smallest absolute Gasteiger partial charge is 0.228 e. The van der Waals surface area contributed by atoms with Crippen molar-refractivity contribution in [2.45, 2.75) is 39.0 Å². The second kappa shape index (κ2) is 6.88. The van der Waals surface area contributed by atoms with Crippen molar-refractivity contribution in [1.82, 2.24) is 0 Å². The fourth-order valence-corrected chi connectivity index (χ4v) is 5.73. The molecule has 1 N–H and O–H groups in total. The summed E-state index contributed by atoms with van der Waals surface area (Å²) in [6.45, 7) is 6.41. The highest BCUT2D eigenvalue weighted by atomic mass is 16.1. The molecule has 0 aromatic heterocycles. The normalized spacial score (nSPS) is 24.0. The predicted molar refractivity (Wildman–Crippen MR) is 118 cm³/mol. The van der Waals surface area contributed by atoms with Crippen molar-refractivity contribution < 1.29 is 4.79 Å². The molecule has 3 aliphatic rings. The van der Waals surface area contributed by atoms with Gasteiger partial charge in [-0.15, -0.1) is 0 Å². The first-order valence-electron chi connectivity index (χ1n) is 10.7. The Hall–Kier alpha value is -2.87. The van der Waals surface area contributed by atoms with E-state index in [-0.39, 0.29) is 17.7 Å². The SMILES string of the molecule is CCC1C2c3ccccc3C(c3ccccc32)C1C(=O)Nc1cccc(C)c1C. The molecule has 0 fully saturated rings. The molecule has 2 atom stereocenters. The molecule has 0 spiro atoms. The maximum Gasteiger partial charge on any atom is 0.228 e. The van der Waals surface area contributed by atoms with Gasteiger partial charge in [-0.25, -0.2) is 0 Å². The molecule has 0 radical (unpaired) electrons. The molecule has 3 aromatic carbocycles. The van der Waals surface area contributed by atoms with Crippen LogP contribution < -0.4 is 5.32 Å². The number of fused-ring (bicyclic) bond motifs is 1. The van der Waals surface area contributed by atoms with Crippen LogP contribution in [0.4, 0.5) is 5.69 Å². The van der Waals surface area contributed by atoms with Crippen LogP contribution >= 0.6 is 0 Å². The lowest BCUT2D eigenvalue weighted by molar-refractivity contribution is -0.122. The van der Waals surface area contributed by atoms with Crippen molar-refractivity contribution in [2.75, 3.05) is 5.32 Å². The van der Waals surface area contributed by atoms with Crippen molar-refractivity contribution in [3.8, 4) is 0 Å². The highest BCUT2D eigenvalue weighted by Gasteiger charge is 2.51. The van der Waals surface area contributed by atoms with E-state index in [1.165, 1.54) is 27.8 Å². The minimum absolute atomic E-state index is 0.0466. The molecule has 3 aliphatic carbocycles. The van der Waals surface area contributed by atoms with E-state index in [9.17, 15) is 4.79 Å². The van der Waals surface area contributed by atoms with Gasteiger partial charge in [-0.3, -0.25) is 4.79 Å². The van der Waals surface area contributed by atoms with Gasteiger partial charge in [0.1, 0.15) is 0 Å². The Kier molecular flexibility index (Phi) is 4.31. The van der Waals surface area contributed by atoms with Gasteiger partial charge < -0.3 is 5.32 Å². The first-order chi connectivity index (χ1) is 14.1. The topological polar surface area (TPSA) is 29.1 Å². The van der Waals surface area contributed by atoms with Gasteiger partial charge in [0, 0.05) is 17.5 Å². The van der Waals surface area contributed by atoms with Gasteiger partial charge in [0.05, 0.1) is 5.92 Å². The molecular weight excluding hydrogens is 354 g/mol. The van der Waals surface area contributed by atoms with Crippen molar-refractivity contribution in [1.29, 1.82) is 0 Å². The average molecular weight is 382 g/mol. The summed E-state index contributed by atoms with van der Waals surface area (Å²) in [4.78, 5) is 13.7. The third-order valence-corrected chi connectivity index (χ3v) is 7.22. The summed E-state index contributed by atoms with van der Waals surface area (Å²) in [5.74, 6) is 0.850. The Morgan fingerprint density at radius 3 is 1.90 bits per heavy atom. The Labute approximate surface area is 173 Å². The molecule has 29 heavy (non-hydrogen) atoms. The number of aryl methyl sites for hydroxylation is 1. The molecule has 2 heteroatoms. The number of hydrogen-bond donors (Lipinski definition) is 1. The van der Waals surface area contributed by atoms with E-state index in [1.807, 2.05) is 12.1 Å². The number of rotatable bonds is 3. The fraction of sp³-hybridized carbons (Fsp3) is 0.296. The fourth-order valence-electron chi connectivity index (χ4n) is 5.73. The van der Waals surface area contributed by atoms with E-state index in [0.717, 1.165) is 17.7 Å². The number of amides is 1. The van der Waals surface area contributed by atoms with E-state index in [4.69, 9.17) is 0 Å². The molecular formula is C27H27NO. The highest BCUT2D eigenvalue weighted by Crippen LogP contribution is 2.59. The Morgan fingerprint density at radius 2 is 1.34 bits per heavy atom. The van der Waals surface area contributed by atoms with Gasteiger partial charge in [-0.2, -0.15) is 0 Å². The van der Waals surface area contributed by atoms with Gasteiger partial charge in [-0.1, -0.05) is 74.0 Å². The number of hydrogen-bond acceptors (Lipinski definition) is 1. The van der Waals surface area contributed by atoms with Crippen LogP contribution in [0, 0.1) is 25.7 Å². The second-order valence-corrected chi connectivity index (χ2v) is 8.55. The maximum absolute atomic E-state index is 13.7. The van der Waals surface area contributed by atoms with Crippen LogP contribution in [0.25, 0.3) is 0 Å². The van der Waals surface area contributed by atoms with E-state index in [1.54, 1.807) is 0 Å². The molecule has 146 valence electrons. The summed E-state index contributed by atoms with van der Waals surface area (Å²) in [7, 11) is 0. The van der Waals surface area contributed by atoms with E-state index in [2.05, 4.69) is 80.7 Å². The number of benzene rings is 3. The zero-order chi connectivity index (χ0) is 20.1. The van der Waals surface area contributed by atoms with Crippen LogP contribution in [0.2, 0.25) is 0 Å². The van der Waals surface area contributed by atoms with Gasteiger partial charge in [-0.05, 0) is 59.2 Å². The highest BCUT2D eigenvalue weighted by molar-refractivity contribution is 5.95. The Bertz CT molecular complexity index is 1050. The molecule has 0 heterocycles. The van der Waals surface area contributed by atoms with Crippen molar-refractivity contribution in [3.63, 3.8) is 0 Å². The summed E-state index contributed by atoms with van der Waals surface area (Å²) < 4.78 is 0. The first-order valence-corrected chi connectivity index (χ1v) is 10.7. The van der Waals surface area contributed by atoms with Gasteiger partial charge >= 0.3 is 0 Å². The zero-order valence-corrected chi connectivity index (χ0v) is 17.3. The Balaban J connectivity index is 1.62. The largest absolute Gasteiger partial charge is 0.326 e. The van der Waals surface area contributed by atoms with E-state index in [0.29, 0.717) is 11.8 Å². The van der Waals surface area contributed by atoms with Gasteiger partial charge in [0.2, 0.25) is 5.91 Å². The van der Waals surface area contributed by atoms with Crippen molar-refractivity contribution in [3.05, 3.63) is 100 Å². The second-order valence-electron chi connectivity index (χ2n) is 8.55. The molecule has 3 aromatic rings. The molecule has 2 bridgehead atoms. The summed E-state index contributed by atoms with van der Waals surface area (Å²) in [5.41, 5.74) is 8.79. The standard InChI is InChI=1S/C27H27NO/c1-4-18-24-19-11-5-7-13-21(19)25(22-14-8-6-12-20(22)24)26(18)27(29)28-23-15-9-10-16(2)17(23)3/h5-15,18,24-26H,4H2,1-3H3,(H,28,29). The van der Waals surface area contributed by atoms with E-state index < -0.39 is 0 Å². The quantitative estimate of drug-likeness (QED) is 0.577. The van der Waals surface area contributed by atoms with Crippen LogP contribution in [0.3, 0.4) is 0 Å². The number of carbonyl (C=O) groups is 1. The zero-order valence-electron chi connectivity index (χ0n) is 17.3. The third-order valence-electron chi connectivity index (χ3n) is 7.22. The summed E-state index contributed by atoms with van der Waals surface area (Å²) in [6.07, 6.45) is 0.995. The van der Waals surface area contributed by atoms with Crippen LogP contribution in [-0.4, -0.2) is 5.91 Å². The number of nitrogens with one attached hydrogen (secondary N) is 1. The lowest BCUT2D eigenvalue weighted by atomic mass is 9.53. The number of anilines is 1. The van der Waals surface area contributed by atoms with Gasteiger partial charge in [0.15, 0.2) is 0 Å². The first kappa shape index (κ1) is 18.2. The van der Waals surface area contributed by atoms with Crippen molar-refractivity contribution in [2.24, 2.45) is 11.8 Å². The van der Waals surface area contributed by atoms with Crippen LogP contribution in [0.5, 0.6) is 0 Å². The molecule has 2 nitrogen and oxygen atoms in total. The van der Waals surface area contributed by atoms with Crippen LogP contribution in [0.15, 0.2) is 66.7 Å². The molecule has 0 saturated heterocycles. The van der Waals surface area contributed by atoms with Crippen LogP contribution in [-0.2, 0) is 4.79 Å². The average Bonchev–Trinajstić information content (AvgIpc) is 2.76. The minimum atomic E-state index is -0.0466. The summed E-state index contributed by atoms with van der Waals surface area (Å²) >= 11 is 0. The summed E-state index contributed by atoms with van der Waals surface area (Å²) in [5, 5.41) is 3.29. The summed E-state index contributed by atoms with van der Waals surface area (Å²) in [6, 6.07) is 23.6.